The lowest BCUT2D eigenvalue weighted by Crippen LogP contribution is -2.29. The van der Waals surface area contributed by atoms with Gasteiger partial charge in [0.25, 0.3) is 0 Å². The smallest absolute Gasteiger partial charge is 0.180 e. The molecule has 0 aromatic carbocycles. The highest BCUT2D eigenvalue weighted by molar-refractivity contribution is 7.80. The van der Waals surface area contributed by atoms with Crippen molar-refractivity contribution in [3.8, 4) is 11.5 Å². The lowest BCUT2D eigenvalue weighted by Gasteiger charge is -2.10. The van der Waals surface area contributed by atoms with Crippen LogP contribution >= 0.6 is 12.2 Å². The summed E-state index contributed by atoms with van der Waals surface area (Å²) in [6, 6.07) is 7.38. The van der Waals surface area contributed by atoms with E-state index in [1.54, 1.807) is 6.20 Å². The Morgan fingerprint density at radius 1 is 1.10 bits per heavy atom. The quantitative estimate of drug-likeness (QED) is 0.263. The topological polar surface area (TPSA) is 94.3 Å². The van der Waals surface area contributed by atoms with Gasteiger partial charge in [0, 0.05) is 13.2 Å². The van der Waals surface area contributed by atoms with Crippen LogP contribution in [-0.2, 0) is 16.1 Å². The molecule has 0 spiro atoms. The first-order chi connectivity index (χ1) is 14.7. The molecule has 9 heteroatoms. The van der Waals surface area contributed by atoms with Crippen molar-refractivity contribution in [2.45, 2.75) is 39.7 Å². The Bertz CT molecular complexity index is 963. The zero-order valence-electron chi connectivity index (χ0n) is 17.3. The number of ether oxygens (including phenoxy) is 2. The molecule has 3 aromatic heterocycles. The maximum absolute atomic E-state index is 5.80. The van der Waals surface area contributed by atoms with Crippen LogP contribution < -0.4 is 10.6 Å². The molecule has 0 bridgehead atoms. The van der Waals surface area contributed by atoms with Crippen molar-refractivity contribution >= 4 is 34.3 Å². The van der Waals surface area contributed by atoms with Gasteiger partial charge in [-0.3, -0.25) is 4.98 Å². The van der Waals surface area contributed by atoms with Crippen LogP contribution in [0.15, 0.2) is 34.9 Å². The molecule has 0 saturated heterocycles. The van der Waals surface area contributed by atoms with E-state index in [-0.39, 0.29) is 6.79 Å². The highest BCUT2D eigenvalue weighted by Crippen LogP contribution is 2.22. The van der Waals surface area contributed by atoms with Gasteiger partial charge in [-0.15, -0.1) is 0 Å². The number of nitrogens with zero attached hydrogens (tertiary/aromatic N) is 3. The van der Waals surface area contributed by atoms with Crippen LogP contribution in [0.2, 0.25) is 0 Å². The van der Waals surface area contributed by atoms with Crippen LogP contribution in [0, 0.1) is 0 Å². The summed E-state index contributed by atoms with van der Waals surface area (Å²) in [4.78, 5) is 13.5. The molecule has 0 saturated carbocycles. The Morgan fingerprint density at radius 3 is 2.83 bits per heavy atom. The van der Waals surface area contributed by atoms with E-state index in [2.05, 4.69) is 32.5 Å². The first-order valence-electron chi connectivity index (χ1n) is 10.1. The molecule has 0 amide bonds. The van der Waals surface area contributed by atoms with E-state index in [1.165, 1.54) is 12.8 Å². The van der Waals surface area contributed by atoms with Crippen molar-refractivity contribution < 1.29 is 13.9 Å². The highest BCUT2D eigenvalue weighted by atomic mass is 32.1. The number of fused-ring (bicyclic) bond motifs is 1. The Balaban J connectivity index is 1.65. The molecule has 160 valence electrons. The predicted octanol–water partition coefficient (Wildman–Crippen LogP) is 4.27. The minimum atomic E-state index is 0.233. The van der Waals surface area contributed by atoms with E-state index in [0.717, 1.165) is 13.0 Å². The van der Waals surface area contributed by atoms with Crippen molar-refractivity contribution in [1.82, 2.24) is 20.3 Å². The van der Waals surface area contributed by atoms with Gasteiger partial charge >= 0.3 is 0 Å². The second kappa shape index (κ2) is 11.5. The average molecular weight is 430 g/mol. The highest BCUT2D eigenvalue weighted by Gasteiger charge is 2.10. The fraction of sp³-hybridized carbons (Fsp3) is 0.429. The van der Waals surface area contributed by atoms with E-state index in [9.17, 15) is 0 Å². The number of hydrogen-bond acceptors (Lipinski definition) is 7. The Morgan fingerprint density at radius 2 is 2.00 bits per heavy atom. The van der Waals surface area contributed by atoms with Crippen molar-refractivity contribution in [3.63, 3.8) is 0 Å². The third-order valence-electron chi connectivity index (χ3n) is 4.24. The predicted molar refractivity (Wildman–Crippen MR) is 120 cm³/mol. The molecule has 8 nitrogen and oxygen atoms in total. The molecule has 3 aromatic rings. The molecular weight excluding hydrogens is 402 g/mol. The Kier molecular flexibility index (Phi) is 8.49. The molecule has 3 rings (SSSR count). The minimum absolute atomic E-state index is 0.233. The first kappa shape index (κ1) is 22.1. The fourth-order valence-electron chi connectivity index (χ4n) is 2.70. The minimum Gasteiger partial charge on any atom is -0.457 e. The average Bonchev–Trinajstić information content (AvgIpc) is 3.23. The molecule has 0 aliphatic heterocycles. The van der Waals surface area contributed by atoms with Gasteiger partial charge in [0.15, 0.2) is 16.5 Å². The molecule has 2 N–H and O–H groups in total. The zero-order chi connectivity index (χ0) is 21.2. The van der Waals surface area contributed by atoms with Crippen molar-refractivity contribution in [2.75, 3.05) is 25.3 Å². The zero-order valence-corrected chi connectivity index (χ0v) is 18.1. The third-order valence-corrected chi connectivity index (χ3v) is 4.49. The van der Waals surface area contributed by atoms with E-state index in [4.69, 9.17) is 26.1 Å². The van der Waals surface area contributed by atoms with E-state index in [1.807, 2.05) is 31.2 Å². The fourth-order valence-corrected chi connectivity index (χ4v) is 2.91. The number of unbranched alkanes of at least 4 members (excludes halogenated alkanes) is 2. The normalized spacial score (nSPS) is 11.0. The molecule has 0 atom stereocenters. The van der Waals surface area contributed by atoms with E-state index >= 15 is 0 Å². The van der Waals surface area contributed by atoms with Crippen LogP contribution in [0.3, 0.4) is 0 Å². The number of aromatic nitrogens is 3. The summed E-state index contributed by atoms with van der Waals surface area (Å²) in [7, 11) is 0. The van der Waals surface area contributed by atoms with Crippen molar-refractivity contribution in [1.29, 1.82) is 0 Å². The summed E-state index contributed by atoms with van der Waals surface area (Å²) in [5.74, 6) is 1.91. The second-order valence-electron chi connectivity index (χ2n) is 6.61. The van der Waals surface area contributed by atoms with Crippen LogP contribution in [-0.4, -0.2) is 40.0 Å². The number of rotatable bonds is 11. The van der Waals surface area contributed by atoms with Gasteiger partial charge in [0.05, 0.1) is 6.20 Å². The van der Waals surface area contributed by atoms with Gasteiger partial charge in [0.2, 0.25) is 0 Å². The summed E-state index contributed by atoms with van der Waals surface area (Å²) < 4.78 is 16.3. The molecule has 30 heavy (non-hydrogen) atoms. The maximum Gasteiger partial charge on any atom is 0.180 e. The van der Waals surface area contributed by atoms with Gasteiger partial charge in [-0.2, -0.15) is 0 Å². The third kappa shape index (κ3) is 6.45. The van der Waals surface area contributed by atoms with Gasteiger partial charge in [-0.1, -0.05) is 19.8 Å². The van der Waals surface area contributed by atoms with Crippen LogP contribution in [0.4, 0.5) is 5.82 Å². The van der Waals surface area contributed by atoms with Gasteiger partial charge in [0.1, 0.15) is 36.2 Å². The first-order valence-corrected chi connectivity index (χ1v) is 10.5. The van der Waals surface area contributed by atoms with Gasteiger partial charge in [-0.05, 0) is 49.8 Å². The van der Waals surface area contributed by atoms with Crippen molar-refractivity contribution in [3.05, 3.63) is 36.2 Å². The summed E-state index contributed by atoms with van der Waals surface area (Å²) in [6.45, 7) is 6.10. The van der Waals surface area contributed by atoms with Crippen LogP contribution in [0.5, 0.6) is 0 Å². The molecule has 0 unspecified atom stereocenters. The van der Waals surface area contributed by atoms with Gasteiger partial charge < -0.3 is 24.5 Å². The van der Waals surface area contributed by atoms with Crippen LogP contribution in [0.1, 0.15) is 38.9 Å². The monoisotopic (exact) mass is 429 g/mol. The summed E-state index contributed by atoms with van der Waals surface area (Å²) >= 11 is 5.33. The lowest BCUT2D eigenvalue weighted by atomic mass is 10.2. The number of thiocarbonyl (C=S) groups is 1. The molecule has 0 radical (unpaired) electrons. The number of nitrogens with one attached hydrogen (secondary N) is 2. The molecular formula is C21H27N5O3S. The SMILES string of the molecule is CCCCCNC(=S)Nc1ccc2ncc(-c3ccc(COCOCC)o3)nc2n1. The lowest BCUT2D eigenvalue weighted by molar-refractivity contribution is -0.0613. The Labute approximate surface area is 181 Å². The second-order valence-corrected chi connectivity index (χ2v) is 7.02. The summed E-state index contributed by atoms with van der Waals surface area (Å²) in [5.41, 5.74) is 1.80. The Hall–Kier alpha value is -2.62. The van der Waals surface area contributed by atoms with Gasteiger partial charge in [-0.25, -0.2) is 9.97 Å². The molecule has 3 heterocycles. The molecule has 0 aliphatic rings. The van der Waals surface area contributed by atoms with E-state index in [0.29, 0.717) is 52.5 Å². The van der Waals surface area contributed by atoms with E-state index < -0.39 is 0 Å². The summed E-state index contributed by atoms with van der Waals surface area (Å²) in [6.07, 6.45) is 5.10. The number of hydrogen-bond donors (Lipinski definition) is 2. The number of pyridine rings is 1. The van der Waals surface area contributed by atoms with Crippen LogP contribution in [0.25, 0.3) is 22.6 Å². The van der Waals surface area contributed by atoms with Crippen molar-refractivity contribution in [2.24, 2.45) is 0 Å². The largest absolute Gasteiger partial charge is 0.457 e. The molecule has 0 fully saturated rings. The number of furan rings is 1. The summed E-state index contributed by atoms with van der Waals surface area (Å²) in [5, 5.41) is 6.83. The maximum atomic E-state index is 5.80. The molecule has 0 aliphatic carbocycles. The number of anilines is 1. The standard InChI is InChI=1S/C21H27N5O3S/c1-3-5-6-11-22-21(30)26-19-10-8-16-20(25-19)24-17(12-23-16)18-9-7-15(29-18)13-28-14-27-4-2/h7-10,12H,3-6,11,13-14H2,1-2H3,(H2,22,24,25,26,30).